The van der Waals surface area contributed by atoms with Crippen LogP contribution in [0, 0.1) is 0 Å². The first kappa shape index (κ1) is 19.7. The second-order valence-electron chi connectivity index (χ2n) is 7.24. The molecule has 0 radical (unpaired) electrons. The summed E-state index contributed by atoms with van der Waals surface area (Å²) in [5.41, 5.74) is 16.9. The van der Waals surface area contributed by atoms with Crippen LogP contribution in [0.2, 0.25) is 0 Å². The Balaban J connectivity index is 0.00000105. The van der Waals surface area contributed by atoms with Gasteiger partial charge in [-0.15, -0.1) is 24.8 Å². The van der Waals surface area contributed by atoms with Crippen LogP contribution in [0.5, 0.6) is 0 Å². The van der Waals surface area contributed by atoms with E-state index in [0.717, 1.165) is 43.9 Å². The quantitative estimate of drug-likeness (QED) is 0.607. The average molecular weight is 407 g/mol. The normalized spacial score (nSPS) is 21.0. The molecule has 0 unspecified atom stereocenters. The summed E-state index contributed by atoms with van der Waals surface area (Å²) in [7, 11) is 0. The fraction of sp³-hybridized carbons (Fsp3) is 0.368. The topological polar surface area (TPSA) is 96.8 Å². The maximum absolute atomic E-state index is 5.99. The lowest BCUT2D eigenvalue weighted by molar-refractivity contribution is 0.345. The Morgan fingerprint density at radius 2 is 1.89 bits per heavy atom. The summed E-state index contributed by atoms with van der Waals surface area (Å²) in [6.07, 6.45) is 2.98. The molecular formula is C19H24Cl2N6. The molecule has 3 aromatic rings. The number of hydrogen-bond acceptors (Lipinski definition) is 5. The fourth-order valence-electron chi connectivity index (χ4n) is 4.13. The van der Waals surface area contributed by atoms with E-state index in [9.17, 15) is 0 Å². The monoisotopic (exact) mass is 406 g/mol. The number of H-pyrrole nitrogens is 1. The number of nitrogens with zero attached hydrogens (tertiary/aromatic N) is 3. The molecule has 6 nitrogen and oxygen atoms in total. The number of anilines is 2. The summed E-state index contributed by atoms with van der Waals surface area (Å²) in [5, 5.41) is 1.34. The smallest absolute Gasteiger partial charge is 0.222 e. The number of rotatable bonds is 2. The molecular weight excluding hydrogens is 383 g/mol. The van der Waals surface area contributed by atoms with E-state index in [1.165, 1.54) is 22.2 Å². The molecule has 0 saturated heterocycles. The molecule has 1 saturated carbocycles. The molecule has 5 rings (SSSR count). The van der Waals surface area contributed by atoms with Gasteiger partial charge in [0.1, 0.15) is 5.82 Å². The number of aromatic nitrogens is 3. The van der Waals surface area contributed by atoms with E-state index in [0.29, 0.717) is 17.9 Å². The number of hydrogen-bond donors (Lipinski definition) is 3. The zero-order valence-electron chi connectivity index (χ0n) is 14.9. The number of nitrogens with two attached hydrogens (primary N) is 2. The molecule has 1 aromatic carbocycles. The maximum Gasteiger partial charge on any atom is 0.222 e. The van der Waals surface area contributed by atoms with Crippen LogP contribution < -0.4 is 16.4 Å². The molecule has 2 aliphatic rings. The molecule has 0 bridgehead atoms. The third-order valence-corrected chi connectivity index (χ3v) is 5.55. The highest BCUT2D eigenvalue weighted by Gasteiger charge is 2.30. The van der Waals surface area contributed by atoms with Crippen molar-refractivity contribution in [2.75, 3.05) is 17.2 Å². The third-order valence-electron chi connectivity index (χ3n) is 5.55. The van der Waals surface area contributed by atoms with Crippen LogP contribution in [-0.4, -0.2) is 27.5 Å². The lowest BCUT2D eigenvalue weighted by atomic mass is 9.78. The molecule has 1 aliphatic carbocycles. The van der Waals surface area contributed by atoms with Gasteiger partial charge in [-0.1, -0.05) is 18.2 Å². The Morgan fingerprint density at radius 3 is 2.67 bits per heavy atom. The summed E-state index contributed by atoms with van der Waals surface area (Å²) in [4.78, 5) is 14.8. The highest BCUT2D eigenvalue weighted by Crippen LogP contribution is 2.36. The van der Waals surface area contributed by atoms with Gasteiger partial charge in [-0.2, -0.15) is 4.98 Å². The average Bonchev–Trinajstić information content (AvgIpc) is 2.96. The number of aromatic amines is 1. The van der Waals surface area contributed by atoms with Crippen molar-refractivity contribution in [3.63, 3.8) is 0 Å². The summed E-state index contributed by atoms with van der Waals surface area (Å²) >= 11 is 0. The van der Waals surface area contributed by atoms with Gasteiger partial charge in [-0.25, -0.2) is 4.98 Å². The van der Waals surface area contributed by atoms with Gasteiger partial charge in [-0.3, -0.25) is 0 Å². The van der Waals surface area contributed by atoms with Crippen LogP contribution in [0.3, 0.4) is 0 Å². The zero-order chi connectivity index (χ0) is 17.0. The highest BCUT2D eigenvalue weighted by atomic mass is 35.5. The van der Waals surface area contributed by atoms with Crippen molar-refractivity contribution in [2.45, 2.75) is 37.8 Å². The van der Waals surface area contributed by atoms with E-state index in [2.05, 4.69) is 50.2 Å². The van der Waals surface area contributed by atoms with Crippen LogP contribution in [0.25, 0.3) is 10.9 Å². The van der Waals surface area contributed by atoms with E-state index in [4.69, 9.17) is 11.5 Å². The predicted molar refractivity (Wildman–Crippen MR) is 114 cm³/mol. The molecule has 1 aliphatic heterocycles. The number of benzene rings is 1. The Labute approximate surface area is 170 Å². The second-order valence-corrected chi connectivity index (χ2v) is 7.24. The minimum Gasteiger partial charge on any atom is -0.368 e. The summed E-state index contributed by atoms with van der Waals surface area (Å²) in [6.45, 7) is 1.76. The fourth-order valence-corrected chi connectivity index (χ4v) is 4.13. The molecule has 1 fully saturated rings. The van der Waals surface area contributed by atoms with Crippen molar-refractivity contribution in [3.05, 3.63) is 47.3 Å². The largest absolute Gasteiger partial charge is 0.368 e. The molecule has 0 atom stereocenters. The zero-order valence-corrected chi connectivity index (χ0v) is 16.5. The number of para-hydroxylation sites is 1. The number of fused-ring (bicyclic) bond motifs is 3. The first-order chi connectivity index (χ1) is 12.2. The standard InChI is InChI=1S/C19H22N6.2ClH/c20-12-7-11(8-12)16-9-18(24-19(21)23-16)25-6-5-14-13-3-1-2-4-15(13)22-17(14)10-25;;/h1-4,9,11-12,22H,5-8,10,20H2,(H2,21,23,24);2*1H. The van der Waals surface area contributed by atoms with Crippen molar-refractivity contribution in [3.8, 4) is 0 Å². The minimum absolute atomic E-state index is 0. The Bertz CT molecular complexity index is 951. The Kier molecular flexibility index (Phi) is 5.51. The molecule has 2 aromatic heterocycles. The van der Waals surface area contributed by atoms with Crippen LogP contribution in [-0.2, 0) is 13.0 Å². The number of nitrogens with one attached hydrogen (secondary N) is 1. The van der Waals surface area contributed by atoms with Gasteiger partial charge in [0, 0.05) is 41.2 Å². The van der Waals surface area contributed by atoms with E-state index in [-0.39, 0.29) is 24.8 Å². The summed E-state index contributed by atoms with van der Waals surface area (Å²) in [6, 6.07) is 10.9. The van der Waals surface area contributed by atoms with Gasteiger partial charge >= 0.3 is 0 Å². The SMILES string of the molecule is Cl.Cl.Nc1nc(C2CC(N)C2)cc(N2CCc3c([nH]c4ccccc34)C2)n1. The minimum atomic E-state index is 0. The molecule has 0 spiro atoms. The van der Waals surface area contributed by atoms with Crippen LogP contribution >= 0.6 is 24.8 Å². The third kappa shape index (κ3) is 3.45. The summed E-state index contributed by atoms with van der Waals surface area (Å²) < 4.78 is 0. The van der Waals surface area contributed by atoms with Crippen LogP contribution in [0.1, 0.15) is 35.7 Å². The van der Waals surface area contributed by atoms with Gasteiger partial charge < -0.3 is 21.4 Å². The van der Waals surface area contributed by atoms with Crippen molar-refractivity contribution in [2.24, 2.45) is 5.73 Å². The van der Waals surface area contributed by atoms with Gasteiger partial charge in [0.2, 0.25) is 5.95 Å². The van der Waals surface area contributed by atoms with Crippen LogP contribution in [0.4, 0.5) is 11.8 Å². The molecule has 144 valence electrons. The summed E-state index contributed by atoms with van der Waals surface area (Å²) in [5.74, 6) is 1.70. The Morgan fingerprint density at radius 1 is 1.11 bits per heavy atom. The predicted octanol–water partition coefficient (Wildman–Crippen LogP) is 3.15. The molecule has 0 amide bonds. The van der Waals surface area contributed by atoms with Gasteiger partial charge in [0.15, 0.2) is 0 Å². The van der Waals surface area contributed by atoms with E-state index in [1.807, 2.05) is 0 Å². The number of nitrogen functional groups attached to an aromatic ring is 1. The van der Waals surface area contributed by atoms with Gasteiger partial charge in [-0.05, 0) is 30.9 Å². The highest BCUT2D eigenvalue weighted by molar-refractivity contribution is 5.86. The molecule has 8 heteroatoms. The van der Waals surface area contributed by atoms with Crippen molar-refractivity contribution in [1.82, 2.24) is 15.0 Å². The maximum atomic E-state index is 5.99. The van der Waals surface area contributed by atoms with Crippen molar-refractivity contribution >= 4 is 47.5 Å². The van der Waals surface area contributed by atoms with Gasteiger partial charge in [0.05, 0.1) is 12.2 Å². The van der Waals surface area contributed by atoms with E-state index in [1.54, 1.807) is 0 Å². The first-order valence-electron chi connectivity index (χ1n) is 8.91. The van der Waals surface area contributed by atoms with E-state index >= 15 is 0 Å². The molecule has 3 heterocycles. The first-order valence-corrected chi connectivity index (χ1v) is 8.91. The van der Waals surface area contributed by atoms with Crippen molar-refractivity contribution < 1.29 is 0 Å². The Hall–Kier alpha value is -2.02. The molecule has 27 heavy (non-hydrogen) atoms. The van der Waals surface area contributed by atoms with E-state index < -0.39 is 0 Å². The second kappa shape index (κ2) is 7.54. The van der Waals surface area contributed by atoms with Crippen LogP contribution in [0.15, 0.2) is 30.3 Å². The lowest BCUT2D eigenvalue weighted by Gasteiger charge is -2.33. The molecule has 5 N–H and O–H groups in total. The van der Waals surface area contributed by atoms with Gasteiger partial charge in [0.25, 0.3) is 0 Å². The number of halogens is 2. The lowest BCUT2D eigenvalue weighted by Crippen LogP contribution is -2.36. The van der Waals surface area contributed by atoms with Crippen molar-refractivity contribution in [1.29, 1.82) is 0 Å².